The van der Waals surface area contributed by atoms with Gasteiger partial charge in [0.1, 0.15) is 5.76 Å². The molecule has 1 aliphatic heterocycles. The summed E-state index contributed by atoms with van der Waals surface area (Å²) in [4.78, 5) is 35.9. The number of furan rings is 1. The average molecular weight is 531 g/mol. The first kappa shape index (κ1) is 26.0. The van der Waals surface area contributed by atoms with Crippen molar-refractivity contribution in [3.8, 4) is 0 Å². The fourth-order valence-electron chi connectivity index (χ4n) is 3.99. The zero-order valence-electron chi connectivity index (χ0n) is 20.0. The summed E-state index contributed by atoms with van der Waals surface area (Å²) in [6, 6.07) is 8.13. The second-order valence-corrected chi connectivity index (χ2v) is 10.4. The third kappa shape index (κ3) is 5.86. The number of carbonyl (C=O) groups excluding carboxylic acids is 2. The van der Waals surface area contributed by atoms with Gasteiger partial charge in [-0.25, -0.2) is 8.42 Å². The number of hydrogen-bond donors (Lipinski definition) is 2. The van der Waals surface area contributed by atoms with Gasteiger partial charge in [-0.2, -0.15) is 9.40 Å². The number of aryl methyl sites for hydroxylation is 1. The molecule has 196 valence electrons. The summed E-state index contributed by atoms with van der Waals surface area (Å²) in [6.45, 7) is 2.74. The number of non-ortho nitro benzene ring substituents is 1. The molecule has 0 radical (unpaired) electrons. The lowest BCUT2D eigenvalue weighted by molar-refractivity contribution is -0.384. The summed E-state index contributed by atoms with van der Waals surface area (Å²) in [7, 11) is -3.85. The van der Waals surface area contributed by atoms with E-state index in [1.165, 1.54) is 27.4 Å². The molecule has 0 aliphatic carbocycles. The number of rotatable bonds is 9. The fraction of sp³-hybridized carbons (Fsp3) is 0.348. The van der Waals surface area contributed by atoms with E-state index in [0.717, 1.165) is 12.1 Å². The molecule has 2 aromatic heterocycles. The van der Waals surface area contributed by atoms with Gasteiger partial charge in [0.25, 0.3) is 11.6 Å². The van der Waals surface area contributed by atoms with Gasteiger partial charge in [-0.15, -0.1) is 0 Å². The van der Waals surface area contributed by atoms with E-state index in [1.54, 1.807) is 18.3 Å². The van der Waals surface area contributed by atoms with Crippen molar-refractivity contribution in [1.29, 1.82) is 0 Å². The molecule has 14 heteroatoms. The molecule has 2 amide bonds. The maximum absolute atomic E-state index is 13.0. The molecule has 3 heterocycles. The number of nitro benzene ring substituents is 1. The quantitative estimate of drug-likeness (QED) is 0.314. The van der Waals surface area contributed by atoms with Crippen LogP contribution < -0.4 is 10.6 Å². The van der Waals surface area contributed by atoms with Crippen LogP contribution in [-0.2, 0) is 27.9 Å². The molecule has 0 unspecified atom stereocenters. The second-order valence-electron chi connectivity index (χ2n) is 8.43. The minimum Gasteiger partial charge on any atom is -0.467 e. The van der Waals surface area contributed by atoms with Gasteiger partial charge in [-0.3, -0.25) is 24.4 Å². The molecule has 0 bridgehead atoms. The molecule has 37 heavy (non-hydrogen) atoms. The maximum atomic E-state index is 13.0. The van der Waals surface area contributed by atoms with E-state index in [1.807, 2.05) is 6.92 Å². The predicted octanol–water partition coefficient (Wildman–Crippen LogP) is 2.37. The number of piperidine rings is 1. The Labute approximate surface area is 212 Å². The van der Waals surface area contributed by atoms with Crippen molar-refractivity contribution in [2.75, 3.05) is 18.4 Å². The van der Waals surface area contributed by atoms with Gasteiger partial charge in [0.2, 0.25) is 15.9 Å². The standard InChI is InChI=1S/C23H26N6O7S/c1-2-27-15-20(21(26-27)23(31)24-14-18-4-3-13-36-18)25-22(30)16-9-11-28(12-10-16)37(34,35)19-7-5-17(6-8-19)29(32)33/h3-8,13,15-16H,2,9-12,14H2,1H3,(H,24,31)(H,25,30). The number of sulfonamides is 1. The Morgan fingerprint density at radius 2 is 1.89 bits per heavy atom. The van der Waals surface area contributed by atoms with Crippen molar-refractivity contribution in [2.45, 2.75) is 37.8 Å². The Hall–Kier alpha value is -4.04. The van der Waals surface area contributed by atoms with Gasteiger partial charge in [0.15, 0.2) is 5.69 Å². The van der Waals surface area contributed by atoms with E-state index >= 15 is 0 Å². The van der Waals surface area contributed by atoms with Gasteiger partial charge < -0.3 is 15.1 Å². The summed E-state index contributed by atoms with van der Waals surface area (Å²) in [5.41, 5.74) is 0.138. The molecular formula is C23H26N6O7S. The van der Waals surface area contributed by atoms with Crippen LogP contribution in [-0.4, -0.2) is 52.3 Å². The molecule has 1 saturated heterocycles. The fourth-order valence-corrected chi connectivity index (χ4v) is 5.46. The molecule has 0 spiro atoms. The van der Waals surface area contributed by atoms with Crippen LogP contribution in [0.25, 0.3) is 0 Å². The molecular weight excluding hydrogens is 504 g/mol. The minimum absolute atomic E-state index is 0.0433. The zero-order chi connectivity index (χ0) is 26.6. The average Bonchev–Trinajstić information content (AvgIpc) is 3.57. The molecule has 1 aromatic carbocycles. The highest BCUT2D eigenvalue weighted by atomic mass is 32.2. The van der Waals surface area contributed by atoms with E-state index in [2.05, 4.69) is 15.7 Å². The van der Waals surface area contributed by atoms with Gasteiger partial charge in [-0.1, -0.05) is 0 Å². The van der Waals surface area contributed by atoms with E-state index in [9.17, 15) is 28.1 Å². The summed E-state index contributed by atoms with van der Waals surface area (Å²) >= 11 is 0. The zero-order valence-corrected chi connectivity index (χ0v) is 20.8. The van der Waals surface area contributed by atoms with Gasteiger partial charge in [0, 0.05) is 43.9 Å². The smallest absolute Gasteiger partial charge is 0.274 e. The highest BCUT2D eigenvalue weighted by molar-refractivity contribution is 7.89. The Balaban J connectivity index is 1.38. The molecule has 0 atom stereocenters. The first-order chi connectivity index (χ1) is 17.7. The lowest BCUT2D eigenvalue weighted by Crippen LogP contribution is -2.41. The summed E-state index contributed by atoms with van der Waals surface area (Å²) in [5, 5.41) is 20.6. The van der Waals surface area contributed by atoms with Gasteiger partial charge in [-0.05, 0) is 44.0 Å². The van der Waals surface area contributed by atoms with Crippen molar-refractivity contribution in [3.63, 3.8) is 0 Å². The number of nitrogens with zero attached hydrogens (tertiary/aromatic N) is 4. The topological polar surface area (TPSA) is 170 Å². The normalized spacial score (nSPS) is 14.8. The molecule has 1 fully saturated rings. The number of hydrogen-bond acceptors (Lipinski definition) is 8. The molecule has 0 saturated carbocycles. The first-order valence-corrected chi connectivity index (χ1v) is 13.1. The van der Waals surface area contributed by atoms with Crippen molar-refractivity contribution < 1.29 is 27.3 Å². The van der Waals surface area contributed by atoms with E-state index < -0.39 is 26.8 Å². The number of aromatic nitrogens is 2. The maximum Gasteiger partial charge on any atom is 0.274 e. The summed E-state index contributed by atoms with van der Waals surface area (Å²) < 4.78 is 33.9. The van der Waals surface area contributed by atoms with E-state index in [-0.39, 0.29) is 60.3 Å². The van der Waals surface area contributed by atoms with Crippen LogP contribution in [0.4, 0.5) is 11.4 Å². The molecule has 2 N–H and O–H groups in total. The molecule has 13 nitrogen and oxygen atoms in total. The Kier molecular flexibility index (Phi) is 7.69. The van der Waals surface area contributed by atoms with Crippen LogP contribution >= 0.6 is 0 Å². The molecule has 3 aromatic rings. The van der Waals surface area contributed by atoms with Crippen molar-refractivity contribution in [2.24, 2.45) is 5.92 Å². The first-order valence-electron chi connectivity index (χ1n) is 11.6. The minimum atomic E-state index is -3.85. The van der Waals surface area contributed by atoms with Crippen molar-refractivity contribution in [3.05, 3.63) is 70.4 Å². The van der Waals surface area contributed by atoms with Crippen LogP contribution in [0.15, 0.2) is 58.2 Å². The lowest BCUT2D eigenvalue weighted by Gasteiger charge is -2.30. The lowest BCUT2D eigenvalue weighted by atomic mass is 9.97. The second kappa shape index (κ2) is 10.9. The number of anilines is 1. The predicted molar refractivity (Wildman–Crippen MR) is 131 cm³/mol. The van der Waals surface area contributed by atoms with Gasteiger partial charge >= 0.3 is 0 Å². The summed E-state index contributed by atoms with van der Waals surface area (Å²) in [5.74, 6) is -0.692. The number of nitro groups is 1. The molecule has 4 rings (SSSR count). The third-order valence-electron chi connectivity index (χ3n) is 6.07. The van der Waals surface area contributed by atoms with Crippen LogP contribution in [0.2, 0.25) is 0 Å². The SMILES string of the molecule is CCn1cc(NC(=O)C2CCN(S(=O)(=O)c3ccc([N+](=O)[O-])cc3)CC2)c(C(=O)NCc2ccco2)n1. The Morgan fingerprint density at radius 1 is 1.19 bits per heavy atom. The van der Waals surface area contributed by atoms with Gasteiger partial charge in [0.05, 0.1) is 28.3 Å². The number of carbonyl (C=O) groups is 2. The van der Waals surface area contributed by atoms with Crippen molar-refractivity contribution >= 4 is 33.2 Å². The van der Waals surface area contributed by atoms with Crippen LogP contribution in [0.1, 0.15) is 36.0 Å². The largest absolute Gasteiger partial charge is 0.467 e. The number of amides is 2. The van der Waals surface area contributed by atoms with E-state index in [0.29, 0.717) is 12.3 Å². The third-order valence-corrected chi connectivity index (χ3v) is 7.98. The highest BCUT2D eigenvalue weighted by Crippen LogP contribution is 2.26. The number of nitrogens with one attached hydrogen (secondary N) is 2. The van der Waals surface area contributed by atoms with Crippen molar-refractivity contribution in [1.82, 2.24) is 19.4 Å². The summed E-state index contributed by atoms with van der Waals surface area (Å²) in [6.07, 6.45) is 3.63. The molecule has 1 aliphatic rings. The Morgan fingerprint density at radius 3 is 2.49 bits per heavy atom. The van der Waals surface area contributed by atoms with Crippen LogP contribution in [0.5, 0.6) is 0 Å². The van der Waals surface area contributed by atoms with Crippen LogP contribution in [0.3, 0.4) is 0 Å². The monoisotopic (exact) mass is 530 g/mol. The number of benzene rings is 1. The van der Waals surface area contributed by atoms with Crippen LogP contribution in [0, 0.1) is 16.0 Å². The Bertz CT molecular complexity index is 1380. The highest BCUT2D eigenvalue weighted by Gasteiger charge is 2.33. The van der Waals surface area contributed by atoms with E-state index in [4.69, 9.17) is 4.42 Å².